The van der Waals surface area contributed by atoms with E-state index in [1.54, 1.807) is 6.26 Å². The van der Waals surface area contributed by atoms with Gasteiger partial charge >= 0.3 is 0 Å². The van der Waals surface area contributed by atoms with Gasteiger partial charge in [-0.15, -0.1) is 0 Å². The zero-order valence-electron chi connectivity index (χ0n) is 13.4. The molecular weight excluding hydrogens is 292 g/mol. The quantitative estimate of drug-likeness (QED) is 0.851. The first-order valence-corrected chi connectivity index (χ1v) is 8.08. The Morgan fingerprint density at radius 1 is 1.13 bits per heavy atom. The third-order valence-corrected chi connectivity index (χ3v) is 3.96. The second-order valence-electron chi connectivity index (χ2n) is 5.60. The van der Waals surface area contributed by atoms with E-state index in [1.165, 1.54) is 0 Å². The minimum atomic E-state index is 0.0751. The molecule has 23 heavy (non-hydrogen) atoms. The predicted octanol–water partition coefficient (Wildman–Crippen LogP) is 3.03. The molecule has 1 aromatic carbocycles. The van der Waals surface area contributed by atoms with Gasteiger partial charge < -0.3 is 19.0 Å². The van der Waals surface area contributed by atoms with Crippen molar-refractivity contribution in [2.45, 2.75) is 13.3 Å². The monoisotopic (exact) mass is 314 g/mol. The van der Waals surface area contributed by atoms with Gasteiger partial charge in [-0.1, -0.05) is 6.92 Å². The third kappa shape index (κ3) is 3.67. The largest absolute Gasteiger partial charge is 0.494 e. The molecule has 1 aliphatic rings. The van der Waals surface area contributed by atoms with Crippen LogP contribution in [0.1, 0.15) is 23.7 Å². The van der Waals surface area contributed by atoms with Crippen molar-refractivity contribution in [3.63, 3.8) is 0 Å². The zero-order chi connectivity index (χ0) is 16.1. The van der Waals surface area contributed by atoms with Gasteiger partial charge in [0.1, 0.15) is 5.75 Å². The Morgan fingerprint density at radius 2 is 1.87 bits per heavy atom. The summed E-state index contributed by atoms with van der Waals surface area (Å²) in [5.41, 5.74) is 0.709. The van der Waals surface area contributed by atoms with Gasteiger partial charge in [0.25, 0.3) is 5.91 Å². The van der Waals surface area contributed by atoms with Crippen LogP contribution in [0.25, 0.3) is 0 Å². The number of piperazine rings is 1. The standard InChI is InChI=1S/C18H22N2O3/c1-2-13-22-16-7-5-15(6-8-16)18(21)20-11-9-19(10-12-20)17-4-3-14-23-17/h3-8,14H,2,9-13H2,1H3. The van der Waals surface area contributed by atoms with Gasteiger partial charge in [-0.3, -0.25) is 4.79 Å². The molecule has 0 aliphatic carbocycles. The van der Waals surface area contributed by atoms with E-state index in [4.69, 9.17) is 9.15 Å². The minimum Gasteiger partial charge on any atom is -0.494 e. The Kier molecular flexibility index (Phi) is 4.86. The van der Waals surface area contributed by atoms with Gasteiger partial charge in [-0.2, -0.15) is 0 Å². The fourth-order valence-corrected chi connectivity index (χ4v) is 2.68. The van der Waals surface area contributed by atoms with Gasteiger partial charge in [0.15, 0.2) is 5.88 Å². The number of ether oxygens (including phenoxy) is 1. The molecule has 0 bridgehead atoms. The first-order chi connectivity index (χ1) is 11.3. The van der Waals surface area contributed by atoms with E-state index in [9.17, 15) is 4.79 Å². The van der Waals surface area contributed by atoms with Crippen molar-refractivity contribution in [2.24, 2.45) is 0 Å². The summed E-state index contributed by atoms with van der Waals surface area (Å²) in [6, 6.07) is 11.2. The van der Waals surface area contributed by atoms with Crippen LogP contribution in [0.2, 0.25) is 0 Å². The molecule has 2 aromatic rings. The molecule has 2 heterocycles. The van der Waals surface area contributed by atoms with Gasteiger partial charge in [0, 0.05) is 37.8 Å². The summed E-state index contributed by atoms with van der Waals surface area (Å²) in [4.78, 5) is 16.6. The predicted molar refractivity (Wildman–Crippen MR) is 89.1 cm³/mol. The average molecular weight is 314 g/mol. The molecule has 5 heteroatoms. The normalized spacial score (nSPS) is 14.8. The van der Waals surface area contributed by atoms with Crippen molar-refractivity contribution in [3.05, 3.63) is 48.2 Å². The smallest absolute Gasteiger partial charge is 0.253 e. The molecule has 1 saturated heterocycles. The van der Waals surface area contributed by atoms with Crippen molar-refractivity contribution in [1.29, 1.82) is 0 Å². The molecular formula is C18H22N2O3. The van der Waals surface area contributed by atoms with E-state index >= 15 is 0 Å². The number of hydrogen-bond acceptors (Lipinski definition) is 4. The number of benzene rings is 1. The molecule has 1 amide bonds. The molecule has 0 atom stereocenters. The van der Waals surface area contributed by atoms with Gasteiger partial charge in [-0.25, -0.2) is 0 Å². The molecule has 1 aliphatic heterocycles. The van der Waals surface area contributed by atoms with Gasteiger partial charge in [0.2, 0.25) is 0 Å². The number of anilines is 1. The molecule has 0 unspecified atom stereocenters. The maximum atomic E-state index is 12.6. The highest BCUT2D eigenvalue weighted by Crippen LogP contribution is 2.18. The Hall–Kier alpha value is -2.43. The van der Waals surface area contributed by atoms with Crippen LogP contribution in [0.4, 0.5) is 5.88 Å². The first kappa shape index (κ1) is 15.5. The molecule has 5 nitrogen and oxygen atoms in total. The van der Waals surface area contributed by atoms with Crippen LogP contribution >= 0.6 is 0 Å². The SMILES string of the molecule is CCCOc1ccc(C(=O)N2CCN(c3ccco3)CC2)cc1. The van der Waals surface area contributed by atoms with Crippen molar-refractivity contribution < 1.29 is 13.9 Å². The topological polar surface area (TPSA) is 45.9 Å². The number of carbonyl (C=O) groups is 1. The van der Waals surface area contributed by atoms with E-state index in [2.05, 4.69) is 11.8 Å². The lowest BCUT2D eigenvalue weighted by Crippen LogP contribution is -2.48. The van der Waals surface area contributed by atoms with Gasteiger partial charge in [-0.05, 0) is 36.8 Å². The molecule has 3 rings (SSSR count). The fraction of sp³-hybridized carbons (Fsp3) is 0.389. The van der Waals surface area contributed by atoms with Crippen molar-refractivity contribution in [3.8, 4) is 5.75 Å². The van der Waals surface area contributed by atoms with Crippen LogP contribution in [-0.2, 0) is 0 Å². The number of carbonyl (C=O) groups excluding carboxylic acids is 1. The van der Waals surface area contributed by atoms with Gasteiger partial charge in [0.05, 0.1) is 12.9 Å². The van der Waals surface area contributed by atoms with E-state index < -0.39 is 0 Å². The lowest BCUT2D eigenvalue weighted by Gasteiger charge is -2.34. The maximum absolute atomic E-state index is 12.6. The van der Waals surface area contributed by atoms with Crippen LogP contribution in [-0.4, -0.2) is 43.6 Å². The number of rotatable bonds is 5. The molecule has 1 aromatic heterocycles. The maximum Gasteiger partial charge on any atom is 0.253 e. The average Bonchev–Trinajstić information content (AvgIpc) is 3.14. The fourth-order valence-electron chi connectivity index (χ4n) is 2.68. The van der Waals surface area contributed by atoms with Crippen LogP contribution < -0.4 is 9.64 Å². The lowest BCUT2D eigenvalue weighted by molar-refractivity contribution is 0.0745. The van der Waals surface area contributed by atoms with E-state index in [1.807, 2.05) is 41.3 Å². The highest BCUT2D eigenvalue weighted by atomic mass is 16.5. The molecule has 0 spiro atoms. The molecule has 1 fully saturated rings. The molecule has 0 radical (unpaired) electrons. The van der Waals surface area contributed by atoms with Crippen molar-refractivity contribution in [1.82, 2.24) is 4.90 Å². The zero-order valence-corrected chi connectivity index (χ0v) is 13.4. The first-order valence-electron chi connectivity index (χ1n) is 8.08. The number of hydrogen-bond donors (Lipinski definition) is 0. The Labute approximate surface area is 136 Å². The van der Waals surface area contributed by atoms with Crippen LogP contribution in [0.15, 0.2) is 47.1 Å². The second-order valence-corrected chi connectivity index (χ2v) is 5.60. The summed E-state index contributed by atoms with van der Waals surface area (Å²) in [7, 11) is 0. The van der Waals surface area contributed by atoms with Crippen LogP contribution in [0, 0.1) is 0 Å². The summed E-state index contributed by atoms with van der Waals surface area (Å²) >= 11 is 0. The summed E-state index contributed by atoms with van der Waals surface area (Å²) in [5, 5.41) is 0. The Balaban J connectivity index is 1.56. The summed E-state index contributed by atoms with van der Waals surface area (Å²) < 4.78 is 11.0. The number of amides is 1. The highest BCUT2D eigenvalue weighted by Gasteiger charge is 2.23. The highest BCUT2D eigenvalue weighted by molar-refractivity contribution is 5.94. The molecule has 0 N–H and O–H groups in total. The lowest BCUT2D eigenvalue weighted by atomic mass is 10.1. The Bertz CT molecular complexity index is 614. The van der Waals surface area contributed by atoms with Crippen LogP contribution in [0.3, 0.4) is 0 Å². The molecule has 122 valence electrons. The van der Waals surface area contributed by atoms with E-state index in [-0.39, 0.29) is 5.91 Å². The van der Waals surface area contributed by atoms with E-state index in [0.29, 0.717) is 25.3 Å². The van der Waals surface area contributed by atoms with E-state index in [0.717, 1.165) is 31.1 Å². The number of nitrogens with zero attached hydrogens (tertiary/aromatic N) is 2. The summed E-state index contributed by atoms with van der Waals surface area (Å²) in [5.74, 6) is 1.76. The molecule has 0 saturated carbocycles. The summed E-state index contributed by atoms with van der Waals surface area (Å²) in [6.07, 6.45) is 2.65. The van der Waals surface area contributed by atoms with Crippen molar-refractivity contribution in [2.75, 3.05) is 37.7 Å². The number of furan rings is 1. The second kappa shape index (κ2) is 7.22. The van der Waals surface area contributed by atoms with Crippen molar-refractivity contribution >= 4 is 11.8 Å². The summed E-state index contributed by atoms with van der Waals surface area (Å²) in [6.45, 7) is 5.75. The van der Waals surface area contributed by atoms with Crippen LogP contribution in [0.5, 0.6) is 5.75 Å². The Morgan fingerprint density at radius 3 is 2.48 bits per heavy atom. The minimum absolute atomic E-state index is 0.0751. The third-order valence-electron chi connectivity index (χ3n) is 3.96.